The largest absolute Gasteiger partial charge is 0.398 e. The van der Waals surface area contributed by atoms with Gasteiger partial charge in [-0.1, -0.05) is 6.07 Å². The Hall–Kier alpha value is -2.08. The molecule has 0 radical (unpaired) electrons. The number of hydrogen-bond acceptors (Lipinski definition) is 4. The van der Waals surface area contributed by atoms with E-state index in [1.54, 1.807) is 44.3 Å². The van der Waals surface area contributed by atoms with Crippen LogP contribution in [-0.2, 0) is 10.0 Å². The summed E-state index contributed by atoms with van der Waals surface area (Å²) in [4.78, 5) is 4.35. The lowest BCUT2D eigenvalue weighted by atomic mass is 10.1. The molecule has 0 atom stereocenters. The standard InChI is InChI=1S/C15H19N3O2S/c1-10-9-13(16)12(3)15(11(10)2)21(19,20)18(4)14-7-5-6-8-17-14/h5-9H,16H2,1-4H3. The maximum absolute atomic E-state index is 12.9. The summed E-state index contributed by atoms with van der Waals surface area (Å²) in [6.45, 7) is 5.37. The summed E-state index contributed by atoms with van der Waals surface area (Å²) in [5.74, 6) is 0.372. The lowest BCUT2D eigenvalue weighted by Crippen LogP contribution is -2.29. The van der Waals surface area contributed by atoms with Crippen LogP contribution in [0.1, 0.15) is 16.7 Å². The van der Waals surface area contributed by atoms with E-state index < -0.39 is 10.0 Å². The maximum Gasteiger partial charge on any atom is 0.265 e. The zero-order valence-electron chi connectivity index (χ0n) is 12.6. The lowest BCUT2D eigenvalue weighted by Gasteiger charge is -2.22. The molecule has 0 bridgehead atoms. The monoisotopic (exact) mass is 305 g/mol. The number of nitrogens with zero attached hydrogens (tertiary/aromatic N) is 2. The van der Waals surface area contributed by atoms with Crippen LogP contribution < -0.4 is 10.0 Å². The zero-order valence-corrected chi connectivity index (χ0v) is 13.4. The maximum atomic E-state index is 12.9. The van der Waals surface area contributed by atoms with E-state index in [4.69, 9.17) is 5.73 Å². The van der Waals surface area contributed by atoms with Gasteiger partial charge in [-0.05, 0) is 55.7 Å². The van der Waals surface area contributed by atoms with Crippen molar-refractivity contribution < 1.29 is 8.42 Å². The second kappa shape index (κ2) is 5.37. The SMILES string of the molecule is Cc1cc(N)c(C)c(S(=O)(=O)N(C)c2ccccn2)c1C. The molecule has 1 aromatic carbocycles. The number of anilines is 2. The summed E-state index contributed by atoms with van der Waals surface area (Å²) in [7, 11) is -2.21. The highest BCUT2D eigenvalue weighted by Gasteiger charge is 2.27. The Balaban J connectivity index is 2.66. The van der Waals surface area contributed by atoms with Gasteiger partial charge in [-0.3, -0.25) is 4.31 Å². The smallest absolute Gasteiger partial charge is 0.265 e. The molecule has 0 aliphatic carbocycles. The first-order valence-electron chi connectivity index (χ1n) is 6.53. The third-order valence-corrected chi connectivity index (χ3v) is 5.70. The summed E-state index contributed by atoms with van der Waals surface area (Å²) in [5, 5.41) is 0. The lowest BCUT2D eigenvalue weighted by molar-refractivity contribution is 0.592. The van der Waals surface area contributed by atoms with Crippen molar-refractivity contribution in [3.05, 3.63) is 47.2 Å². The molecule has 0 saturated heterocycles. The van der Waals surface area contributed by atoms with Crippen molar-refractivity contribution in [2.24, 2.45) is 0 Å². The van der Waals surface area contributed by atoms with Crippen LogP contribution in [0.15, 0.2) is 35.4 Å². The number of rotatable bonds is 3. The zero-order chi connectivity index (χ0) is 15.8. The minimum Gasteiger partial charge on any atom is -0.398 e. The van der Waals surface area contributed by atoms with Gasteiger partial charge in [-0.25, -0.2) is 13.4 Å². The fraction of sp³-hybridized carbons (Fsp3) is 0.267. The number of nitrogens with two attached hydrogens (primary N) is 1. The summed E-state index contributed by atoms with van der Waals surface area (Å²) >= 11 is 0. The Bertz CT molecular complexity index is 745. The van der Waals surface area contributed by atoms with Crippen molar-refractivity contribution in [3.63, 3.8) is 0 Å². The average Bonchev–Trinajstić information content (AvgIpc) is 2.45. The molecule has 0 fully saturated rings. The van der Waals surface area contributed by atoms with Gasteiger partial charge >= 0.3 is 0 Å². The van der Waals surface area contributed by atoms with Crippen LogP contribution >= 0.6 is 0 Å². The molecular formula is C15H19N3O2S. The number of sulfonamides is 1. The first-order valence-corrected chi connectivity index (χ1v) is 7.97. The molecule has 2 rings (SSSR count). The Morgan fingerprint density at radius 3 is 2.38 bits per heavy atom. The second-order valence-electron chi connectivity index (χ2n) is 5.02. The predicted molar refractivity (Wildman–Crippen MR) is 84.9 cm³/mol. The number of benzene rings is 1. The van der Waals surface area contributed by atoms with Crippen LogP contribution in [0, 0.1) is 20.8 Å². The molecule has 2 aromatic rings. The fourth-order valence-corrected chi connectivity index (χ4v) is 3.91. The third-order valence-electron chi connectivity index (χ3n) is 3.67. The van der Waals surface area contributed by atoms with Crippen molar-refractivity contribution in [1.82, 2.24) is 4.98 Å². The molecule has 21 heavy (non-hydrogen) atoms. The first kappa shape index (κ1) is 15.3. The molecule has 0 aliphatic rings. The highest BCUT2D eigenvalue weighted by Crippen LogP contribution is 2.31. The van der Waals surface area contributed by atoms with E-state index in [0.717, 1.165) is 5.56 Å². The van der Waals surface area contributed by atoms with Crippen LogP contribution in [0.2, 0.25) is 0 Å². The molecule has 5 nitrogen and oxygen atoms in total. The Morgan fingerprint density at radius 1 is 1.14 bits per heavy atom. The molecule has 6 heteroatoms. The van der Waals surface area contributed by atoms with Crippen molar-refractivity contribution in [2.75, 3.05) is 17.1 Å². The Kier molecular flexibility index (Phi) is 3.91. The molecule has 0 unspecified atom stereocenters. The van der Waals surface area contributed by atoms with Crippen LogP contribution in [0.4, 0.5) is 11.5 Å². The topological polar surface area (TPSA) is 76.3 Å². The molecule has 0 aliphatic heterocycles. The summed E-state index contributed by atoms with van der Waals surface area (Å²) < 4.78 is 27.0. The van der Waals surface area contributed by atoms with Gasteiger partial charge in [-0.2, -0.15) is 0 Å². The number of nitrogen functional groups attached to an aromatic ring is 1. The first-order chi connectivity index (χ1) is 9.76. The van der Waals surface area contributed by atoms with E-state index in [9.17, 15) is 8.42 Å². The molecule has 2 N–H and O–H groups in total. The van der Waals surface area contributed by atoms with Crippen LogP contribution in [0.5, 0.6) is 0 Å². The summed E-state index contributed by atoms with van der Waals surface area (Å²) in [5.41, 5.74) is 8.54. The number of aryl methyl sites for hydroxylation is 1. The Labute approximate surface area is 125 Å². The third kappa shape index (κ3) is 2.58. The molecular weight excluding hydrogens is 286 g/mol. The van der Waals surface area contributed by atoms with Crippen LogP contribution in [0.25, 0.3) is 0 Å². The van der Waals surface area contributed by atoms with Gasteiger partial charge in [0.15, 0.2) is 0 Å². The number of aromatic nitrogens is 1. The normalized spacial score (nSPS) is 11.4. The van der Waals surface area contributed by atoms with Crippen molar-refractivity contribution >= 4 is 21.5 Å². The van der Waals surface area contributed by atoms with E-state index in [2.05, 4.69) is 4.98 Å². The van der Waals surface area contributed by atoms with Crippen molar-refractivity contribution in [2.45, 2.75) is 25.7 Å². The molecule has 0 amide bonds. The quantitative estimate of drug-likeness (QED) is 0.884. The second-order valence-corrected chi connectivity index (χ2v) is 6.93. The van der Waals surface area contributed by atoms with Gasteiger partial charge in [0.25, 0.3) is 10.0 Å². The van der Waals surface area contributed by atoms with Gasteiger partial charge in [0.1, 0.15) is 5.82 Å². The summed E-state index contributed by atoms with van der Waals surface area (Å²) in [6.07, 6.45) is 1.56. The number of pyridine rings is 1. The molecule has 112 valence electrons. The van der Waals surface area contributed by atoms with Gasteiger partial charge in [0, 0.05) is 18.9 Å². The minimum absolute atomic E-state index is 0.258. The predicted octanol–water partition coefficient (Wildman–Crippen LogP) is 2.41. The van der Waals surface area contributed by atoms with Gasteiger partial charge in [-0.15, -0.1) is 0 Å². The number of hydrogen-bond donors (Lipinski definition) is 1. The molecule has 1 heterocycles. The van der Waals surface area contributed by atoms with Gasteiger partial charge in [0.2, 0.25) is 0 Å². The van der Waals surface area contributed by atoms with Crippen molar-refractivity contribution in [3.8, 4) is 0 Å². The van der Waals surface area contributed by atoms with E-state index in [-0.39, 0.29) is 4.90 Å². The summed E-state index contributed by atoms with van der Waals surface area (Å²) in [6, 6.07) is 6.94. The van der Waals surface area contributed by atoms with Gasteiger partial charge in [0.05, 0.1) is 4.90 Å². The van der Waals surface area contributed by atoms with Gasteiger partial charge < -0.3 is 5.73 Å². The van der Waals surface area contributed by atoms with Crippen LogP contribution in [-0.4, -0.2) is 20.4 Å². The highest BCUT2D eigenvalue weighted by molar-refractivity contribution is 7.92. The molecule has 0 spiro atoms. The van der Waals surface area contributed by atoms with E-state index in [0.29, 0.717) is 22.6 Å². The fourth-order valence-electron chi connectivity index (χ4n) is 2.23. The Morgan fingerprint density at radius 2 is 1.81 bits per heavy atom. The van der Waals surface area contributed by atoms with E-state index >= 15 is 0 Å². The molecule has 1 aromatic heterocycles. The van der Waals surface area contributed by atoms with Crippen molar-refractivity contribution in [1.29, 1.82) is 0 Å². The average molecular weight is 305 g/mol. The molecule has 0 saturated carbocycles. The minimum atomic E-state index is -3.71. The van der Waals surface area contributed by atoms with Crippen LogP contribution in [0.3, 0.4) is 0 Å². The van der Waals surface area contributed by atoms with E-state index in [1.807, 2.05) is 6.92 Å². The van der Waals surface area contributed by atoms with E-state index in [1.165, 1.54) is 11.4 Å². The highest BCUT2D eigenvalue weighted by atomic mass is 32.2.